The van der Waals surface area contributed by atoms with Crippen LogP contribution in [0.5, 0.6) is 5.75 Å². The van der Waals surface area contributed by atoms with Gasteiger partial charge in [-0.05, 0) is 49.4 Å². The van der Waals surface area contributed by atoms with Crippen LogP contribution < -0.4 is 21.2 Å². The van der Waals surface area contributed by atoms with Crippen molar-refractivity contribution in [2.24, 2.45) is 0 Å². The largest absolute Gasteiger partial charge is 0.494 e. The molecule has 7 nitrogen and oxygen atoms in total. The third kappa shape index (κ3) is 4.80. The standard InChI is InChI=1S/C20H17BrFN3O4/c1-2-29-15-6-4-14(5-7-15)25-10-9-24(19(27)20(25)28)12-18(26)23-17-8-3-13(21)11-16(17)22/h3-11H,2,12H2,1H3,(H,23,26). The summed E-state index contributed by atoms with van der Waals surface area (Å²) in [5, 5.41) is 2.38. The zero-order valence-corrected chi connectivity index (χ0v) is 17.0. The van der Waals surface area contributed by atoms with Gasteiger partial charge in [0.2, 0.25) is 5.91 Å². The van der Waals surface area contributed by atoms with Crippen molar-refractivity contribution >= 4 is 27.5 Å². The van der Waals surface area contributed by atoms with E-state index in [1.54, 1.807) is 30.3 Å². The molecule has 0 aliphatic rings. The lowest BCUT2D eigenvalue weighted by molar-refractivity contribution is -0.116. The van der Waals surface area contributed by atoms with Gasteiger partial charge in [-0.3, -0.25) is 23.5 Å². The molecular formula is C20H17BrFN3O4. The summed E-state index contributed by atoms with van der Waals surface area (Å²) < 4.78 is 21.9. The Labute approximate surface area is 173 Å². The van der Waals surface area contributed by atoms with Crippen LogP contribution in [0.3, 0.4) is 0 Å². The molecular weight excluding hydrogens is 445 g/mol. The number of halogens is 2. The molecule has 0 saturated heterocycles. The van der Waals surface area contributed by atoms with E-state index in [0.29, 0.717) is 22.5 Å². The van der Waals surface area contributed by atoms with Crippen molar-refractivity contribution < 1.29 is 13.9 Å². The molecule has 0 atom stereocenters. The van der Waals surface area contributed by atoms with Crippen molar-refractivity contribution in [1.82, 2.24) is 9.13 Å². The van der Waals surface area contributed by atoms with Gasteiger partial charge in [-0.1, -0.05) is 15.9 Å². The first-order chi connectivity index (χ1) is 13.9. The van der Waals surface area contributed by atoms with Crippen molar-refractivity contribution in [1.29, 1.82) is 0 Å². The molecule has 29 heavy (non-hydrogen) atoms. The fourth-order valence-corrected chi connectivity index (χ4v) is 2.97. The van der Waals surface area contributed by atoms with Crippen LogP contribution in [-0.2, 0) is 11.3 Å². The Kier molecular flexibility index (Phi) is 6.28. The zero-order valence-electron chi connectivity index (χ0n) is 15.4. The van der Waals surface area contributed by atoms with Gasteiger partial charge >= 0.3 is 11.1 Å². The molecule has 0 spiro atoms. The minimum Gasteiger partial charge on any atom is -0.494 e. The summed E-state index contributed by atoms with van der Waals surface area (Å²) in [6.45, 7) is 1.95. The van der Waals surface area contributed by atoms with Crippen molar-refractivity contribution in [2.75, 3.05) is 11.9 Å². The summed E-state index contributed by atoms with van der Waals surface area (Å²) in [5.41, 5.74) is -1.20. The van der Waals surface area contributed by atoms with Crippen LogP contribution >= 0.6 is 15.9 Å². The van der Waals surface area contributed by atoms with Crippen LogP contribution in [-0.4, -0.2) is 21.6 Å². The topological polar surface area (TPSA) is 82.3 Å². The molecule has 1 heterocycles. The summed E-state index contributed by atoms with van der Waals surface area (Å²) in [6, 6.07) is 10.9. The van der Waals surface area contributed by atoms with Crippen molar-refractivity contribution in [3.63, 3.8) is 0 Å². The fraction of sp³-hybridized carbons (Fsp3) is 0.150. The van der Waals surface area contributed by atoms with Crippen molar-refractivity contribution in [3.05, 3.63) is 85.9 Å². The number of hydrogen-bond donors (Lipinski definition) is 1. The number of carbonyl (C=O) groups excluding carboxylic acids is 1. The number of carbonyl (C=O) groups is 1. The first-order valence-corrected chi connectivity index (χ1v) is 9.48. The molecule has 1 aromatic heterocycles. The van der Waals surface area contributed by atoms with Gasteiger partial charge < -0.3 is 10.1 Å². The van der Waals surface area contributed by atoms with Gasteiger partial charge in [-0.2, -0.15) is 0 Å². The van der Waals surface area contributed by atoms with E-state index in [9.17, 15) is 18.8 Å². The monoisotopic (exact) mass is 461 g/mol. The van der Waals surface area contributed by atoms with Crippen LogP contribution in [0.15, 0.2) is 68.9 Å². The SMILES string of the molecule is CCOc1ccc(-n2ccn(CC(=O)Nc3ccc(Br)cc3F)c(=O)c2=O)cc1. The predicted octanol–water partition coefficient (Wildman–Crippen LogP) is 2.94. The van der Waals surface area contributed by atoms with E-state index < -0.39 is 29.4 Å². The van der Waals surface area contributed by atoms with E-state index in [2.05, 4.69) is 21.2 Å². The average Bonchev–Trinajstić information content (AvgIpc) is 2.69. The van der Waals surface area contributed by atoms with Gasteiger partial charge in [0.25, 0.3) is 0 Å². The highest BCUT2D eigenvalue weighted by molar-refractivity contribution is 9.10. The molecule has 3 rings (SSSR count). The van der Waals surface area contributed by atoms with E-state index >= 15 is 0 Å². The zero-order chi connectivity index (χ0) is 21.0. The van der Waals surface area contributed by atoms with Crippen LogP contribution in [0.25, 0.3) is 5.69 Å². The molecule has 1 N–H and O–H groups in total. The molecule has 3 aromatic rings. The Hall–Kier alpha value is -3.20. The fourth-order valence-electron chi connectivity index (χ4n) is 2.64. The maximum Gasteiger partial charge on any atom is 0.320 e. The van der Waals surface area contributed by atoms with Gasteiger partial charge in [0.05, 0.1) is 12.3 Å². The minimum absolute atomic E-state index is 0.0195. The average molecular weight is 462 g/mol. The number of nitrogens with zero attached hydrogens (tertiary/aromatic N) is 2. The molecule has 0 aliphatic heterocycles. The lowest BCUT2D eigenvalue weighted by atomic mass is 10.3. The van der Waals surface area contributed by atoms with Gasteiger partial charge in [-0.15, -0.1) is 0 Å². The van der Waals surface area contributed by atoms with E-state index in [1.165, 1.54) is 29.1 Å². The number of benzene rings is 2. The highest BCUT2D eigenvalue weighted by Gasteiger charge is 2.12. The molecule has 1 amide bonds. The predicted molar refractivity (Wildman–Crippen MR) is 110 cm³/mol. The molecule has 0 fully saturated rings. The second kappa shape index (κ2) is 8.87. The van der Waals surface area contributed by atoms with E-state index in [0.717, 1.165) is 4.57 Å². The van der Waals surface area contributed by atoms with Gasteiger partial charge in [0.15, 0.2) is 0 Å². The third-order valence-electron chi connectivity index (χ3n) is 4.00. The Balaban J connectivity index is 1.79. The second-order valence-electron chi connectivity index (χ2n) is 6.01. The quantitative estimate of drug-likeness (QED) is 0.572. The maximum absolute atomic E-state index is 13.8. The molecule has 9 heteroatoms. The Morgan fingerprint density at radius 1 is 1.10 bits per heavy atom. The Morgan fingerprint density at radius 2 is 1.83 bits per heavy atom. The Morgan fingerprint density at radius 3 is 2.48 bits per heavy atom. The number of rotatable bonds is 6. The third-order valence-corrected chi connectivity index (χ3v) is 4.50. The second-order valence-corrected chi connectivity index (χ2v) is 6.92. The smallest absolute Gasteiger partial charge is 0.320 e. The summed E-state index contributed by atoms with van der Waals surface area (Å²) in [4.78, 5) is 37.0. The molecule has 150 valence electrons. The van der Waals surface area contributed by atoms with Crippen LogP contribution in [0.1, 0.15) is 6.92 Å². The number of anilines is 1. The van der Waals surface area contributed by atoms with Gasteiger partial charge in [-0.25, -0.2) is 4.39 Å². The first-order valence-electron chi connectivity index (χ1n) is 8.69. The summed E-state index contributed by atoms with van der Waals surface area (Å²) in [7, 11) is 0. The Bertz CT molecular complexity index is 1160. The molecule has 0 aliphatic carbocycles. The lowest BCUT2D eigenvalue weighted by Crippen LogP contribution is -2.41. The van der Waals surface area contributed by atoms with Crippen LogP contribution in [0.4, 0.5) is 10.1 Å². The lowest BCUT2D eigenvalue weighted by Gasteiger charge is -2.11. The van der Waals surface area contributed by atoms with Gasteiger partial charge in [0, 0.05) is 22.6 Å². The first kappa shape index (κ1) is 20.5. The number of amides is 1. The number of aromatic nitrogens is 2. The summed E-state index contributed by atoms with van der Waals surface area (Å²) >= 11 is 3.13. The maximum atomic E-state index is 13.8. The van der Waals surface area contributed by atoms with Crippen LogP contribution in [0, 0.1) is 5.82 Å². The number of ether oxygens (including phenoxy) is 1. The number of nitrogens with one attached hydrogen (secondary N) is 1. The highest BCUT2D eigenvalue weighted by Crippen LogP contribution is 2.19. The van der Waals surface area contributed by atoms with Crippen LogP contribution in [0.2, 0.25) is 0 Å². The van der Waals surface area contributed by atoms with Gasteiger partial charge in [0.1, 0.15) is 18.1 Å². The highest BCUT2D eigenvalue weighted by atomic mass is 79.9. The summed E-state index contributed by atoms with van der Waals surface area (Å²) in [6.07, 6.45) is 2.73. The molecule has 0 saturated carbocycles. The molecule has 2 aromatic carbocycles. The summed E-state index contributed by atoms with van der Waals surface area (Å²) in [5.74, 6) is -0.605. The molecule has 0 radical (unpaired) electrons. The normalized spacial score (nSPS) is 10.6. The van der Waals surface area contributed by atoms with E-state index in [-0.39, 0.29) is 5.69 Å². The van der Waals surface area contributed by atoms with E-state index in [1.807, 2.05) is 6.92 Å². The molecule has 0 bridgehead atoms. The van der Waals surface area contributed by atoms with E-state index in [4.69, 9.17) is 4.74 Å². The van der Waals surface area contributed by atoms with Crippen molar-refractivity contribution in [2.45, 2.75) is 13.5 Å². The number of hydrogen-bond acceptors (Lipinski definition) is 4. The minimum atomic E-state index is -0.868. The molecule has 0 unspecified atom stereocenters. The van der Waals surface area contributed by atoms with Crippen molar-refractivity contribution in [3.8, 4) is 11.4 Å².